The third-order valence-corrected chi connectivity index (χ3v) is 6.33. The number of ether oxygens (including phenoxy) is 1. The Balaban J connectivity index is 1.79. The smallest absolute Gasteiger partial charge is 0.232 e. The van der Waals surface area contributed by atoms with E-state index in [1.807, 2.05) is 6.92 Å². The molecule has 0 spiro atoms. The maximum Gasteiger partial charge on any atom is 0.232 e. The largest absolute Gasteiger partial charge is 0.380 e. The van der Waals surface area contributed by atoms with Crippen LogP contribution in [-0.4, -0.2) is 54.9 Å². The van der Waals surface area contributed by atoms with E-state index in [0.29, 0.717) is 44.4 Å². The average Bonchev–Trinajstić information content (AvgIpc) is 3.04. The first-order valence-electron chi connectivity index (χ1n) is 7.37. The van der Waals surface area contributed by atoms with Crippen molar-refractivity contribution >= 4 is 10.0 Å². The Morgan fingerprint density at radius 2 is 2.14 bits per heavy atom. The second-order valence-electron chi connectivity index (χ2n) is 5.88. The predicted octanol–water partition coefficient (Wildman–Crippen LogP) is 0.780. The first-order chi connectivity index (χ1) is 10.0. The minimum Gasteiger partial charge on any atom is -0.380 e. The van der Waals surface area contributed by atoms with E-state index >= 15 is 0 Å². The quantitative estimate of drug-likeness (QED) is 0.816. The lowest BCUT2D eigenvalue weighted by atomic mass is 9.83. The Kier molecular flexibility index (Phi) is 4.02. The summed E-state index contributed by atoms with van der Waals surface area (Å²) in [6.45, 7) is 5.85. The molecule has 118 valence electrons. The van der Waals surface area contributed by atoms with Crippen LogP contribution in [-0.2, 0) is 14.8 Å². The lowest BCUT2D eigenvalue weighted by Crippen LogP contribution is -2.33. The molecule has 3 rings (SSSR count). The highest BCUT2D eigenvalue weighted by atomic mass is 32.2. The number of hydrogen-bond donors (Lipinski definition) is 0. The van der Waals surface area contributed by atoms with Crippen molar-refractivity contribution in [1.82, 2.24) is 14.4 Å². The molecule has 0 bridgehead atoms. The van der Waals surface area contributed by atoms with Crippen LogP contribution in [0.4, 0.5) is 0 Å². The molecule has 2 aliphatic heterocycles. The van der Waals surface area contributed by atoms with E-state index in [9.17, 15) is 8.42 Å². The van der Waals surface area contributed by atoms with Crippen LogP contribution in [0, 0.1) is 18.8 Å². The highest BCUT2D eigenvalue weighted by molar-refractivity contribution is 7.89. The van der Waals surface area contributed by atoms with Crippen molar-refractivity contribution in [3.63, 3.8) is 0 Å². The summed E-state index contributed by atoms with van der Waals surface area (Å²) in [6, 6.07) is 0. The molecule has 0 saturated carbocycles. The van der Waals surface area contributed by atoms with Crippen molar-refractivity contribution in [3.05, 3.63) is 11.7 Å². The summed E-state index contributed by atoms with van der Waals surface area (Å²) >= 11 is 0. The van der Waals surface area contributed by atoms with E-state index < -0.39 is 10.0 Å². The zero-order chi connectivity index (χ0) is 15.0. The van der Waals surface area contributed by atoms with E-state index in [4.69, 9.17) is 9.26 Å². The maximum atomic E-state index is 12.3. The molecule has 2 saturated heterocycles. The summed E-state index contributed by atoms with van der Waals surface area (Å²) in [4.78, 5) is 4.29. The van der Waals surface area contributed by atoms with Crippen LogP contribution < -0.4 is 0 Å². The van der Waals surface area contributed by atoms with Crippen LogP contribution in [0.2, 0.25) is 0 Å². The molecule has 2 aliphatic rings. The molecular weight excluding hydrogens is 294 g/mol. The van der Waals surface area contributed by atoms with Crippen LogP contribution in [0.5, 0.6) is 0 Å². The lowest BCUT2D eigenvalue weighted by Gasteiger charge is -2.30. The number of fused-ring (bicyclic) bond motifs is 1. The van der Waals surface area contributed by atoms with Gasteiger partial charge in [0, 0.05) is 19.0 Å². The molecule has 0 radical (unpaired) electrons. The molecule has 0 aliphatic carbocycles. The Morgan fingerprint density at radius 1 is 1.33 bits per heavy atom. The van der Waals surface area contributed by atoms with E-state index in [2.05, 4.69) is 10.1 Å². The monoisotopic (exact) mass is 315 g/mol. The highest BCUT2D eigenvalue weighted by Crippen LogP contribution is 2.40. The second kappa shape index (κ2) is 5.66. The van der Waals surface area contributed by atoms with Gasteiger partial charge in [0.05, 0.1) is 24.9 Å². The molecule has 7 nitrogen and oxygen atoms in total. The molecule has 0 amide bonds. The van der Waals surface area contributed by atoms with Gasteiger partial charge in [-0.25, -0.2) is 12.7 Å². The van der Waals surface area contributed by atoms with Gasteiger partial charge in [-0.15, -0.1) is 0 Å². The molecule has 21 heavy (non-hydrogen) atoms. The predicted molar refractivity (Wildman–Crippen MR) is 75.2 cm³/mol. The molecule has 2 fully saturated rings. The van der Waals surface area contributed by atoms with Gasteiger partial charge in [0.1, 0.15) is 0 Å². The van der Waals surface area contributed by atoms with Gasteiger partial charge in [0.2, 0.25) is 15.9 Å². The zero-order valence-electron chi connectivity index (χ0n) is 12.4. The number of sulfonamides is 1. The number of nitrogens with zero attached hydrogens (tertiary/aromatic N) is 3. The van der Waals surface area contributed by atoms with Crippen LogP contribution in [0.25, 0.3) is 0 Å². The molecule has 1 aromatic heterocycles. The highest BCUT2D eigenvalue weighted by Gasteiger charge is 2.46. The molecule has 0 aromatic carbocycles. The third-order valence-electron chi connectivity index (χ3n) is 4.32. The van der Waals surface area contributed by atoms with Gasteiger partial charge in [0.15, 0.2) is 5.82 Å². The zero-order valence-corrected chi connectivity index (χ0v) is 13.2. The fourth-order valence-electron chi connectivity index (χ4n) is 3.29. The summed E-state index contributed by atoms with van der Waals surface area (Å²) in [7, 11) is -3.16. The number of aromatic nitrogens is 2. The first-order valence-corrected chi connectivity index (χ1v) is 8.98. The summed E-state index contributed by atoms with van der Waals surface area (Å²) in [5.41, 5.74) is 0. The summed E-state index contributed by atoms with van der Waals surface area (Å²) in [5, 5.41) is 3.83. The topological polar surface area (TPSA) is 85.5 Å². The van der Waals surface area contributed by atoms with Gasteiger partial charge < -0.3 is 9.26 Å². The van der Waals surface area contributed by atoms with Crippen molar-refractivity contribution in [2.75, 3.05) is 32.1 Å². The van der Waals surface area contributed by atoms with Crippen molar-refractivity contribution in [1.29, 1.82) is 0 Å². The minimum atomic E-state index is -3.16. The first kappa shape index (κ1) is 14.9. The van der Waals surface area contributed by atoms with Crippen LogP contribution in [0.3, 0.4) is 0 Å². The van der Waals surface area contributed by atoms with Gasteiger partial charge in [0.25, 0.3) is 0 Å². The van der Waals surface area contributed by atoms with Gasteiger partial charge in [-0.2, -0.15) is 4.98 Å². The molecule has 3 heterocycles. The number of rotatable bonds is 4. The van der Waals surface area contributed by atoms with E-state index in [-0.39, 0.29) is 23.5 Å². The SMILES string of the molecule is CCCS(=O)(=O)N1C[C@H]2COC[C@H](c3nc(C)no3)[C@H]2C1. The summed E-state index contributed by atoms with van der Waals surface area (Å²) < 4.78 is 37.0. The number of hydrogen-bond acceptors (Lipinski definition) is 6. The fourth-order valence-corrected chi connectivity index (χ4v) is 4.88. The van der Waals surface area contributed by atoms with Crippen LogP contribution >= 0.6 is 0 Å². The van der Waals surface area contributed by atoms with E-state index in [1.165, 1.54) is 0 Å². The fraction of sp³-hybridized carbons (Fsp3) is 0.846. The van der Waals surface area contributed by atoms with Crippen molar-refractivity contribution in [2.24, 2.45) is 11.8 Å². The van der Waals surface area contributed by atoms with Gasteiger partial charge >= 0.3 is 0 Å². The minimum absolute atomic E-state index is 0.00761. The van der Waals surface area contributed by atoms with Crippen molar-refractivity contribution < 1.29 is 17.7 Å². The van der Waals surface area contributed by atoms with Crippen LogP contribution in [0.1, 0.15) is 31.0 Å². The number of aryl methyl sites for hydroxylation is 1. The normalized spacial score (nSPS) is 30.5. The summed E-state index contributed by atoms with van der Waals surface area (Å²) in [5.74, 6) is 1.77. The maximum absolute atomic E-state index is 12.3. The van der Waals surface area contributed by atoms with Gasteiger partial charge in [-0.3, -0.25) is 0 Å². The lowest BCUT2D eigenvalue weighted by molar-refractivity contribution is 0.00994. The van der Waals surface area contributed by atoms with Crippen LogP contribution in [0.15, 0.2) is 4.52 Å². The summed E-state index contributed by atoms with van der Waals surface area (Å²) in [6.07, 6.45) is 0.636. The van der Waals surface area contributed by atoms with Crippen molar-refractivity contribution in [2.45, 2.75) is 26.2 Å². The molecule has 0 N–H and O–H groups in total. The van der Waals surface area contributed by atoms with Gasteiger partial charge in [-0.05, 0) is 19.3 Å². The molecule has 0 unspecified atom stereocenters. The Labute approximate surface area is 124 Å². The average molecular weight is 315 g/mol. The molecule has 3 atom stereocenters. The Morgan fingerprint density at radius 3 is 2.81 bits per heavy atom. The second-order valence-corrected chi connectivity index (χ2v) is 7.97. The Hall–Kier alpha value is -0.990. The van der Waals surface area contributed by atoms with Gasteiger partial charge in [-0.1, -0.05) is 12.1 Å². The third kappa shape index (κ3) is 2.84. The standard InChI is InChI=1S/C13H21N3O4S/c1-3-4-21(17,18)16-5-10-7-19-8-12(11(10)6-16)13-14-9(2)15-20-13/h10-12H,3-8H2,1-2H3/t10-,11-,12-/m0/s1. The Bertz CT molecular complexity index is 600. The molecule has 1 aromatic rings. The van der Waals surface area contributed by atoms with E-state index in [0.717, 1.165) is 0 Å². The molecular formula is C13H21N3O4S. The van der Waals surface area contributed by atoms with Crippen molar-refractivity contribution in [3.8, 4) is 0 Å². The molecule has 8 heteroatoms. The van der Waals surface area contributed by atoms with E-state index in [1.54, 1.807) is 11.2 Å².